The van der Waals surface area contributed by atoms with E-state index in [0.717, 1.165) is 16.7 Å². The average Bonchev–Trinajstić information content (AvgIpc) is 2.46. The molecule has 0 amide bonds. The van der Waals surface area contributed by atoms with Crippen LogP contribution in [-0.4, -0.2) is 18.9 Å². The minimum atomic E-state index is -0.845. The van der Waals surface area contributed by atoms with Crippen LogP contribution in [0.2, 0.25) is 0 Å². The molecule has 3 heteroatoms. The standard InChI is InChI=1S/C16H14O3/c1-11-6-3-4-9-14(11)12-7-5-8-13(10-12)15(17)16(18)19-2/h3-10H,1-2H3. The number of carbonyl (C=O) groups excluding carboxylic acids is 2. The Bertz CT molecular complexity index is 629. The van der Waals surface area contributed by atoms with Crippen molar-refractivity contribution in [3.8, 4) is 11.1 Å². The molecule has 0 spiro atoms. The molecule has 3 nitrogen and oxygen atoms in total. The second-order valence-corrected chi connectivity index (χ2v) is 4.22. The van der Waals surface area contributed by atoms with Gasteiger partial charge in [0.15, 0.2) is 0 Å². The first kappa shape index (κ1) is 13.0. The van der Waals surface area contributed by atoms with E-state index in [4.69, 9.17) is 0 Å². The lowest BCUT2D eigenvalue weighted by Gasteiger charge is -2.07. The number of benzene rings is 2. The number of ether oxygens (including phenoxy) is 1. The number of Topliss-reactive ketones (excluding diaryl/α,β-unsaturated/α-hetero) is 1. The molecule has 19 heavy (non-hydrogen) atoms. The zero-order chi connectivity index (χ0) is 13.8. The van der Waals surface area contributed by atoms with Crippen LogP contribution in [0.15, 0.2) is 48.5 Å². The van der Waals surface area contributed by atoms with Gasteiger partial charge in [-0.3, -0.25) is 4.79 Å². The normalized spacial score (nSPS) is 10.0. The number of methoxy groups -OCH3 is 1. The first-order valence-corrected chi connectivity index (χ1v) is 5.92. The summed E-state index contributed by atoms with van der Waals surface area (Å²) >= 11 is 0. The van der Waals surface area contributed by atoms with E-state index in [0.29, 0.717) is 5.56 Å². The van der Waals surface area contributed by atoms with Gasteiger partial charge in [0.25, 0.3) is 5.78 Å². The number of ketones is 1. The Morgan fingerprint density at radius 1 is 1.00 bits per heavy atom. The van der Waals surface area contributed by atoms with Crippen LogP contribution in [0.5, 0.6) is 0 Å². The molecule has 0 atom stereocenters. The molecule has 0 unspecified atom stereocenters. The average molecular weight is 254 g/mol. The Labute approximate surface area is 111 Å². The van der Waals surface area contributed by atoms with Crippen molar-refractivity contribution in [2.24, 2.45) is 0 Å². The molecular weight excluding hydrogens is 240 g/mol. The summed E-state index contributed by atoms with van der Waals surface area (Å²) in [5.74, 6) is -1.47. The topological polar surface area (TPSA) is 43.4 Å². The van der Waals surface area contributed by atoms with Crippen molar-refractivity contribution >= 4 is 11.8 Å². The van der Waals surface area contributed by atoms with Gasteiger partial charge in [-0.05, 0) is 29.7 Å². The van der Waals surface area contributed by atoms with Crippen LogP contribution in [-0.2, 0) is 9.53 Å². The summed E-state index contributed by atoms with van der Waals surface area (Å²) in [5.41, 5.74) is 3.41. The first-order chi connectivity index (χ1) is 9.13. The molecule has 0 aromatic heterocycles. The molecule has 2 aromatic carbocycles. The van der Waals surface area contributed by atoms with E-state index in [2.05, 4.69) is 4.74 Å². The predicted molar refractivity (Wildman–Crippen MR) is 73.0 cm³/mol. The Balaban J connectivity index is 2.43. The Morgan fingerprint density at radius 2 is 1.74 bits per heavy atom. The first-order valence-electron chi connectivity index (χ1n) is 5.92. The second-order valence-electron chi connectivity index (χ2n) is 4.22. The largest absolute Gasteiger partial charge is 0.463 e. The van der Waals surface area contributed by atoms with Gasteiger partial charge >= 0.3 is 5.97 Å². The van der Waals surface area contributed by atoms with Crippen LogP contribution < -0.4 is 0 Å². The molecule has 0 fully saturated rings. The van der Waals surface area contributed by atoms with E-state index < -0.39 is 11.8 Å². The van der Waals surface area contributed by atoms with Crippen molar-refractivity contribution in [1.29, 1.82) is 0 Å². The highest BCUT2D eigenvalue weighted by molar-refractivity contribution is 6.40. The number of aryl methyl sites for hydroxylation is 1. The molecule has 0 heterocycles. The fraction of sp³-hybridized carbons (Fsp3) is 0.125. The summed E-state index contributed by atoms with van der Waals surface area (Å²) in [6.45, 7) is 2.00. The lowest BCUT2D eigenvalue weighted by molar-refractivity contribution is -0.135. The van der Waals surface area contributed by atoms with E-state index in [9.17, 15) is 9.59 Å². The third-order valence-corrected chi connectivity index (χ3v) is 2.95. The summed E-state index contributed by atoms with van der Waals surface area (Å²) < 4.78 is 4.45. The molecule has 0 bridgehead atoms. The molecule has 2 rings (SSSR count). The minimum Gasteiger partial charge on any atom is -0.463 e. The van der Waals surface area contributed by atoms with Gasteiger partial charge in [0.05, 0.1) is 7.11 Å². The third-order valence-electron chi connectivity index (χ3n) is 2.95. The molecule has 0 N–H and O–H groups in total. The number of hydrogen-bond acceptors (Lipinski definition) is 3. The molecule has 96 valence electrons. The van der Waals surface area contributed by atoms with E-state index >= 15 is 0 Å². The van der Waals surface area contributed by atoms with E-state index in [1.165, 1.54) is 7.11 Å². The maximum absolute atomic E-state index is 11.8. The number of rotatable bonds is 3. The highest BCUT2D eigenvalue weighted by Gasteiger charge is 2.17. The maximum Gasteiger partial charge on any atom is 0.379 e. The fourth-order valence-electron chi connectivity index (χ4n) is 1.94. The van der Waals surface area contributed by atoms with Crippen molar-refractivity contribution < 1.29 is 14.3 Å². The van der Waals surface area contributed by atoms with Crippen molar-refractivity contribution in [3.63, 3.8) is 0 Å². The van der Waals surface area contributed by atoms with Crippen LogP contribution in [0.4, 0.5) is 0 Å². The zero-order valence-corrected chi connectivity index (χ0v) is 10.8. The molecule has 0 aliphatic heterocycles. The summed E-state index contributed by atoms with van der Waals surface area (Å²) in [7, 11) is 1.20. The van der Waals surface area contributed by atoms with Gasteiger partial charge in [0.2, 0.25) is 0 Å². The second kappa shape index (κ2) is 5.48. The van der Waals surface area contributed by atoms with Crippen molar-refractivity contribution in [2.45, 2.75) is 6.92 Å². The van der Waals surface area contributed by atoms with Crippen LogP contribution >= 0.6 is 0 Å². The van der Waals surface area contributed by atoms with Crippen molar-refractivity contribution in [1.82, 2.24) is 0 Å². The third kappa shape index (κ3) is 2.71. The van der Waals surface area contributed by atoms with Crippen molar-refractivity contribution in [3.05, 3.63) is 59.7 Å². The summed E-state index contributed by atoms with van der Waals surface area (Å²) in [6, 6.07) is 14.9. The number of esters is 1. The summed E-state index contributed by atoms with van der Waals surface area (Å²) in [5, 5.41) is 0. The van der Waals surface area contributed by atoms with Crippen LogP contribution in [0.25, 0.3) is 11.1 Å². The highest BCUT2D eigenvalue weighted by atomic mass is 16.5. The van der Waals surface area contributed by atoms with E-state index in [1.54, 1.807) is 18.2 Å². The van der Waals surface area contributed by atoms with Crippen molar-refractivity contribution in [2.75, 3.05) is 7.11 Å². The molecular formula is C16H14O3. The van der Waals surface area contributed by atoms with Gasteiger partial charge in [-0.15, -0.1) is 0 Å². The SMILES string of the molecule is COC(=O)C(=O)c1cccc(-c2ccccc2C)c1. The zero-order valence-electron chi connectivity index (χ0n) is 10.8. The molecule has 0 radical (unpaired) electrons. The van der Waals surface area contributed by atoms with Gasteiger partial charge in [-0.1, -0.05) is 42.5 Å². The summed E-state index contributed by atoms with van der Waals surface area (Å²) in [4.78, 5) is 23.0. The lowest BCUT2D eigenvalue weighted by atomic mass is 9.98. The van der Waals surface area contributed by atoms with Gasteiger partial charge in [0.1, 0.15) is 0 Å². The monoisotopic (exact) mass is 254 g/mol. The molecule has 0 aliphatic carbocycles. The van der Waals surface area contributed by atoms with E-state index in [1.807, 2.05) is 37.3 Å². The fourth-order valence-corrected chi connectivity index (χ4v) is 1.94. The smallest absolute Gasteiger partial charge is 0.379 e. The highest BCUT2D eigenvalue weighted by Crippen LogP contribution is 2.24. The van der Waals surface area contributed by atoms with Gasteiger partial charge in [0, 0.05) is 5.56 Å². The van der Waals surface area contributed by atoms with Crippen LogP contribution in [0.3, 0.4) is 0 Å². The van der Waals surface area contributed by atoms with Crippen LogP contribution in [0, 0.1) is 6.92 Å². The molecule has 0 aliphatic rings. The van der Waals surface area contributed by atoms with Crippen LogP contribution in [0.1, 0.15) is 15.9 Å². The minimum absolute atomic E-state index is 0.340. The van der Waals surface area contributed by atoms with Gasteiger partial charge in [-0.2, -0.15) is 0 Å². The van der Waals surface area contributed by atoms with Gasteiger partial charge < -0.3 is 4.74 Å². The number of hydrogen-bond donors (Lipinski definition) is 0. The Morgan fingerprint density at radius 3 is 2.42 bits per heavy atom. The Hall–Kier alpha value is -2.42. The maximum atomic E-state index is 11.8. The van der Waals surface area contributed by atoms with Gasteiger partial charge in [-0.25, -0.2) is 4.79 Å². The Kier molecular flexibility index (Phi) is 3.76. The molecule has 2 aromatic rings. The molecule has 0 saturated carbocycles. The quantitative estimate of drug-likeness (QED) is 0.480. The number of carbonyl (C=O) groups is 2. The lowest BCUT2D eigenvalue weighted by Crippen LogP contribution is -2.15. The molecule has 0 saturated heterocycles. The summed E-state index contributed by atoms with van der Waals surface area (Å²) in [6.07, 6.45) is 0. The predicted octanol–water partition coefficient (Wildman–Crippen LogP) is 3.02. The van der Waals surface area contributed by atoms with E-state index in [-0.39, 0.29) is 0 Å².